The average molecular weight is 395 g/mol. The fraction of sp³-hybridized carbons (Fsp3) is 0.263. The number of hydrogen-bond acceptors (Lipinski definition) is 3. The van der Waals surface area contributed by atoms with Gasteiger partial charge in [0.2, 0.25) is 5.91 Å². The molecule has 0 aliphatic carbocycles. The van der Waals surface area contributed by atoms with Gasteiger partial charge in [0.15, 0.2) is 0 Å². The molecule has 0 saturated carbocycles. The van der Waals surface area contributed by atoms with E-state index in [0.29, 0.717) is 40.0 Å². The molecule has 26 heavy (non-hydrogen) atoms. The second-order valence-corrected chi connectivity index (χ2v) is 6.56. The Morgan fingerprint density at radius 2 is 1.81 bits per heavy atom. The van der Waals surface area contributed by atoms with Gasteiger partial charge in [-0.25, -0.2) is 0 Å². The van der Waals surface area contributed by atoms with Crippen molar-refractivity contribution in [2.45, 2.75) is 19.8 Å². The van der Waals surface area contributed by atoms with Crippen LogP contribution in [0, 0.1) is 6.92 Å². The molecular formula is C19H20Cl2N2O3. The molecule has 0 atom stereocenters. The average Bonchev–Trinajstić information content (AvgIpc) is 2.62. The molecular weight excluding hydrogens is 375 g/mol. The number of anilines is 1. The highest BCUT2D eigenvalue weighted by molar-refractivity contribution is 6.31. The van der Waals surface area contributed by atoms with Crippen LogP contribution in [0.5, 0.6) is 5.75 Å². The summed E-state index contributed by atoms with van der Waals surface area (Å²) in [6, 6.07) is 10.1. The van der Waals surface area contributed by atoms with Gasteiger partial charge in [0.25, 0.3) is 5.91 Å². The molecule has 0 aromatic heterocycles. The highest BCUT2D eigenvalue weighted by Crippen LogP contribution is 2.31. The standard InChI is InChI=1S/C19H20Cl2N2O3/c1-12-10-16(17(26-2)11-15(12)21)23-18(24)4-3-9-22-19(25)13-5-7-14(20)8-6-13/h5-8,10-11H,3-4,9H2,1-2H3,(H,22,25)(H,23,24). The van der Waals surface area contributed by atoms with E-state index in [0.717, 1.165) is 5.56 Å². The van der Waals surface area contributed by atoms with E-state index in [-0.39, 0.29) is 18.2 Å². The number of halogens is 2. The number of hydrogen-bond donors (Lipinski definition) is 2. The molecule has 2 rings (SSSR count). The van der Waals surface area contributed by atoms with E-state index in [1.54, 1.807) is 36.4 Å². The van der Waals surface area contributed by atoms with Crippen LogP contribution in [0.1, 0.15) is 28.8 Å². The van der Waals surface area contributed by atoms with Crippen LogP contribution < -0.4 is 15.4 Å². The summed E-state index contributed by atoms with van der Waals surface area (Å²) in [5.74, 6) is 0.146. The normalized spacial score (nSPS) is 10.3. The molecule has 0 unspecified atom stereocenters. The highest BCUT2D eigenvalue weighted by Gasteiger charge is 2.11. The van der Waals surface area contributed by atoms with E-state index in [1.165, 1.54) is 7.11 Å². The van der Waals surface area contributed by atoms with E-state index >= 15 is 0 Å². The van der Waals surface area contributed by atoms with Gasteiger partial charge in [-0.05, 0) is 49.2 Å². The van der Waals surface area contributed by atoms with E-state index in [1.807, 2.05) is 6.92 Å². The third kappa shape index (κ3) is 5.64. The fourth-order valence-electron chi connectivity index (χ4n) is 2.30. The van der Waals surface area contributed by atoms with Crippen molar-refractivity contribution in [1.82, 2.24) is 5.32 Å². The molecule has 138 valence electrons. The number of benzene rings is 2. The molecule has 0 fully saturated rings. The van der Waals surface area contributed by atoms with Gasteiger partial charge in [0.05, 0.1) is 12.8 Å². The summed E-state index contributed by atoms with van der Waals surface area (Å²) >= 11 is 11.8. The first-order valence-corrected chi connectivity index (χ1v) is 8.84. The predicted molar refractivity (Wildman–Crippen MR) is 104 cm³/mol. The number of methoxy groups -OCH3 is 1. The van der Waals surface area contributed by atoms with Crippen molar-refractivity contribution in [2.24, 2.45) is 0 Å². The van der Waals surface area contributed by atoms with Gasteiger partial charge in [0, 0.05) is 34.6 Å². The first-order chi connectivity index (χ1) is 12.4. The quantitative estimate of drug-likeness (QED) is 0.681. The monoisotopic (exact) mass is 394 g/mol. The summed E-state index contributed by atoms with van der Waals surface area (Å²) in [5, 5.41) is 6.73. The Morgan fingerprint density at radius 3 is 2.46 bits per heavy atom. The van der Waals surface area contributed by atoms with Gasteiger partial charge in [-0.15, -0.1) is 0 Å². The lowest BCUT2D eigenvalue weighted by atomic mass is 10.2. The molecule has 0 saturated heterocycles. The van der Waals surface area contributed by atoms with Crippen molar-refractivity contribution < 1.29 is 14.3 Å². The second kappa shape index (κ2) is 9.46. The van der Waals surface area contributed by atoms with Crippen LogP contribution in [0.3, 0.4) is 0 Å². The van der Waals surface area contributed by atoms with Gasteiger partial charge in [0.1, 0.15) is 5.75 Å². The van der Waals surface area contributed by atoms with Crippen molar-refractivity contribution in [3.63, 3.8) is 0 Å². The van der Waals surface area contributed by atoms with Crippen LogP contribution in [0.25, 0.3) is 0 Å². The Kier molecular flexibility index (Phi) is 7.30. The number of ether oxygens (including phenoxy) is 1. The van der Waals surface area contributed by atoms with Gasteiger partial charge in [-0.3, -0.25) is 9.59 Å². The number of nitrogens with one attached hydrogen (secondary N) is 2. The Morgan fingerprint density at radius 1 is 1.12 bits per heavy atom. The minimum atomic E-state index is -0.197. The molecule has 7 heteroatoms. The summed E-state index contributed by atoms with van der Waals surface area (Å²) in [4.78, 5) is 24.1. The fourth-order valence-corrected chi connectivity index (χ4v) is 2.58. The Balaban J connectivity index is 1.80. The maximum absolute atomic E-state index is 12.1. The molecule has 0 bridgehead atoms. The van der Waals surface area contributed by atoms with Crippen LogP contribution in [0.2, 0.25) is 10.0 Å². The van der Waals surface area contributed by atoms with Crippen LogP contribution in [0.4, 0.5) is 5.69 Å². The largest absolute Gasteiger partial charge is 0.495 e. The number of rotatable bonds is 7. The first kappa shape index (κ1) is 20.1. The molecule has 2 amide bonds. The summed E-state index contributed by atoms with van der Waals surface area (Å²) in [6.45, 7) is 2.25. The van der Waals surface area contributed by atoms with Gasteiger partial charge in [-0.2, -0.15) is 0 Å². The third-order valence-electron chi connectivity index (χ3n) is 3.73. The van der Waals surface area contributed by atoms with E-state index in [2.05, 4.69) is 10.6 Å². The van der Waals surface area contributed by atoms with E-state index in [9.17, 15) is 9.59 Å². The number of carbonyl (C=O) groups excluding carboxylic acids is 2. The first-order valence-electron chi connectivity index (χ1n) is 8.08. The molecule has 0 aliphatic heterocycles. The van der Waals surface area contributed by atoms with Crippen molar-refractivity contribution in [3.8, 4) is 5.75 Å². The maximum Gasteiger partial charge on any atom is 0.251 e. The summed E-state index contributed by atoms with van der Waals surface area (Å²) in [7, 11) is 1.52. The zero-order valence-corrected chi connectivity index (χ0v) is 16.1. The van der Waals surface area contributed by atoms with Crippen LogP contribution in [-0.4, -0.2) is 25.5 Å². The molecule has 0 spiro atoms. The van der Waals surface area contributed by atoms with Crippen LogP contribution in [0.15, 0.2) is 36.4 Å². The lowest BCUT2D eigenvalue weighted by Crippen LogP contribution is -2.25. The predicted octanol–water partition coefficient (Wildman–Crippen LogP) is 4.46. The smallest absolute Gasteiger partial charge is 0.251 e. The number of aryl methyl sites for hydroxylation is 1. The number of carbonyl (C=O) groups is 2. The Hall–Kier alpha value is -2.24. The Labute approximate surface area is 162 Å². The second-order valence-electron chi connectivity index (χ2n) is 5.72. The van der Waals surface area contributed by atoms with Crippen molar-refractivity contribution in [2.75, 3.05) is 19.0 Å². The molecule has 0 radical (unpaired) electrons. The zero-order chi connectivity index (χ0) is 19.1. The molecule has 0 heterocycles. The minimum Gasteiger partial charge on any atom is -0.495 e. The zero-order valence-electron chi connectivity index (χ0n) is 14.6. The van der Waals surface area contributed by atoms with Gasteiger partial charge in [-0.1, -0.05) is 23.2 Å². The minimum absolute atomic E-state index is 0.161. The van der Waals surface area contributed by atoms with Crippen molar-refractivity contribution >= 4 is 40.7 Å². The van der Waals surface area contributed by atoms with Gasteiger partial charge >= 0.3 is 0 Å². The maximum atomic E-state index is 12.1. The van der Waals surface area contributed by atoms with Crippen LogP contribution in [-0.2, 0) is 4.79 Å². The van der Waals surface area contributed by atoms with E-state index in [4.69, 9.17) is 27.9 Å². The molecule has 2 aromatic rings. The molecule has 2 N–H and O–H groups in total. The summed E-state index contributed by atoms with van der Waals surface area (Å²) in [6.07, 6.45) is 0.784. The highest BCUT2D eigenvalue weighted by atomic mass is 35.5. The SMILES string of the molecule is COc1cc(Cl)c(C)cc1NC(=O)CCCNC(=O)c1ccc(Cl)cc1. The van der Waals surface area contributed by atoms with E-state index < -0.39 is 0 Å². The lowest BCUT2D eigenvalue weighted by Gasteiger charge is -2.12. The van der Waals surface area contributed by atoms with Crippen LogP contribution >= 0.6 is 23.2 Å². The summed E-state index contributed by atoms with van der Waals surface area (Å²) < 4.78 is 5.23. The molecule has 0 aliphatic rings. The summed E-state index contributed by atoms with van der Waals surface area (Å²) in [5.41, 5.74) is 1.95. The molecule has 5 nitrogen and oxygen atoms in total. The lowest BCUT2D eigenvalue weighted by molar-refractivity contribution is -0.116. The molecule has 2 aromatic carbocycles. The Bertz CT molecular complexity index is 792. The third-order valence-corrected chi connectivity index (χ3v) is 4.39. The van der Waals surface area contributed by atoms with Gasteiger partial charge < -0.3 is 15.4 Å². The van der Waals surface area contributed by atoms with Crippen molar-refractivity contribution in [3.05, 3.63) is 57.6 Å². The van der Waals surface area contributed by atoms with Crippen molar-refractivity contribution in [1.29, 1.82) is 0 Å². The topological polar surface area (TPSA) is 67.4 Å². The number of amides is 2.